The molecule has 2 nitrogen and oxygen atoms in total. The van der Waals surface area contributed by atoms with Crippen LogP contribution in [0.1, 0.15) is 47.5 Å². The Morgan fingerprint density at radius 2 is 1.44 bits per heavy atom. The second kappa shape index (κ2) is 9.07. The molecule has 18 heavy (non-hydrogen) atoms. The van der Waals surface area contributed by atoms with E-state index in [2.05, 4.69) is 58.4 Å². The topological polar surface area (TPSA) is 24.1 Å². The van der Waals surface area contributed by atoms with Gasteiger partial charge in [-0.3, -0.25) is 0 Å². The fourth-order valence-corrected chi connectivity index (χ4v) is 1.93. The van der Waals surface area contributed by atoms with Gasteiger partial charge in [-0.1, -0.05) is 47.8 Å². The lowest BCUT2D eigenvalue weighted by atomic mass is 9.96. The molecule has 0 spiro atoms. The van der Waals surface area contributed by atoms with Crippen LogP contribution in [0, 0.1) is 17.8 Å². The average Bonchev–Trinajstić information content (AvgIpc) is 2.24. The quantitative estimate of drug-likeness (QED) is 0.576. The van der Waals surface area contributed by atoms with E-state index >= 15 is 0 Å². The summed E-state index contributed by atoms with van der Waals surface area (Å²) in [5.74, 6) is 2.17. The van der Waals surface area contributed by atoms with Crippen LogP contribution in [0.15, 0.2) is 24.6 Å². The van der Waals surface area contributed by atoms with Gasteiger partial charge in [-0.25, -0.2) is 0 Å². The molecule has 2 heteroatoms. The maximum absolute atomic E-state index is 4.02. The van der Waals surface area contributed by atoms with E-state index < -0.39 is 0 Å². The average molecular weight is 252 g/mol. The zero-order valence-electron chi connectivity index (χ0n) is 13.0. The van der Waals surface area contributed by atoms with E-state index in [1.807, 2.05) is 0 Å². The lowest BCUT2D eigenvalue weighted by Gasteiger charge is -2.18. The zero-order valence-corrected chi connectivity index (χ0v) is 13.0. The highest BCUT2D eigenvalue weighted by molar-refractivity contribution is 5.21. The minimum absolute atomic E-state index is 0.626. The lowest BCUT2D eigenvalue weighted by Crippen LogP contribution is -2.26. The molecule has 0 aromatic rings. The molecule has 0 aromatic carbocycles. The Morgan fingerprint density at radius 3 is 1.94 bits per heavy atom. The number of nitrogens with one attached hydrogen (secondary N) is 2. The van der Waals surface area contributed by atoms with Crippen molar-refractivity contribution < 1.29 is 0 Å². The molecule has 0 bridgehead atoms. The Bertz CT molecular complexity index is 254. The van der Waals surface area contributed by atoms with Gasteiger partial charge in [0.2, 0.25) is 0 Å². The zero-order chi connectivity index (χ0) is 14.1. The van der Waals surface area contributed by atoms with Crippen LogP contribution in [0.5, 0.6) is 0 Å². The molecule has 0 radical (unpaired) electrons. The largest absolute Gasteiger partial charge is 0.384 e. The maximum Gasteiger partial charge on any atom is 0.0496 e. The summed E-state index contributed by atoms with van der Waals surface area (Å²) in [5.41, 5.74) is 1.84. The van der Waals surface area contributed by atoms with Crippen LogP contribution >= 0.6 is 0 Å². The predicted octanol–water partition coefficient (Wildman–Crippen LogP) is 3.92. The van der Waals surface area contributed by atoms with Crippen molar-refractivity contribution in [2.24, 2.45) is 17.8 Å². The van der Waals surface area contributed by atoms with Gasteiger partial charge in [0, 0.05) is 24.5 Å². The van der Waals surface area contributed by atoms with Crippen LogP contribution < -0.4 is 10.6 Å². The molecule has 0 aliphatic rings. The summed E-state index contributed by atoms with van der Waals surface area (Å²) >= 11 is 0. The van der Waals surface area contributed by atoms with Crippen LogP contribution in [0.3, 0.4) is 0 Å². The van der Waals surface area contributed by atoms with E-state index in [1.54, 1.807) is 0 Å². The molecular weight excluding hydrogens is 220 g/mol. The first kappa shape index (κ1) is 17.1. The minimum atomic E-state index is 0.626. The highest BCUT2D eigenvalue weighted by atomic mass is 15.0. The SMILES string of the molecule is C=C(NCCC(C)CC(C)C)C(=C)NCC(C)C. The predicted molar refractivity (Wildman–Crippen MR) is 82.4 cm³/mol. The summed E-state index contributed by atoms with van der Waals surface area (Å²) in [6.07, 6.45) is 2.48. The molecule has 1 unspecified atom stereocenters. The number of hydrogen-bond donors (Lipinski definition) is 2. The van der Waals surface area contributed by atoms with Gasteiger partial charge in [0.05, 0.1) is 0 Å². The van der Waals surface area contributed by atoms with Crippen molar-refractivity contribution in [3.8, 4) is 0 Å². The second-order valence-electron chi connectivity index (χ2n) is 6.18. The Morgan fingerprint density at radius 1 is 0.889 bits per heavy atom. The van der Waals surface area contributed by atoms with Crippen LogP contribution in [-0.2, 0) is 0 Å². The first-order valence-corrected chi connectivity index (χ1v) is 7.18. The third kappa shape index (κ3) is 9.15. The van der Waals surface area contributed by atoms with Crippen molar-refractivity contribution in [2.45, 2.75) is 47.5 Å². The third-order valence-electron chi connectivity index (χ3n) is 2.94. The molecule has 0 rings (SSSR count). The van der Waals surface area contributed by atoms with E-state index in [4.69, 9.17) is 0 Å². The van der Waals surface area contributed by atoms with Gasteiger partial charge < -0.3 is 10.6 Å². The molecular formula is C16H32N2. The summed E-state index contributed by atoms with van der Waals surface area (Å²) in [4.78, 5) is 0. The van der Waals surface area contributed by atoms with Crippen LogP contribution in [0.2, 0.25) is 0 Å². The summed E-state index contributed by atoms with van der Waals surface area (Å²) in [6.45, 7) is 21.2. The molecule has 2 N–H and O–H groups in total. The standard InChI is InChI=1S/C16H32N2/c1-12(2)10-14(5)8-9-17-15(6)16(7)18-11-13(3)4/h12-14,17-18H,6-11H2,1-5H3. The Balaban J connectivity index is 3.73. The molecule has 0 heterocycles. The molecule has 0 aliphatic heterocycles. The summed E-state index contributed by atoms with van der Waals surface area (Å²) in [6, 6.07) is 0. The number of rotatable bonds is 10. The van der Waals surface area contributed by atoms with Crippen LogP contribution in [0.4, 0.5) is 0 Å². The van der Waals surface area contributed by atoms with Crippen molar-refractivity contribution in [1.29, 1.82) is 0 Å². The van der Waals surface area contributed by atoms with Gasteiger partial charge in [0.1, 0.15) is 0 Å². The van der Waals surface area contributed by atoms with Crippen molar-refractivity contribution in [3.63, 3.8) is 0 Å². The molecule has 0 saturated carbocycles. The van der Waals surface area contributed by atoms with Crippen molar-refractivity contribution in [2.75, 3.05) is 13.1 Å². The number of hydrogen-bond acceptors (Lipinski definition) is 2. The van der Waals surface area contributed by atoms with E-state index in [9.17, 15) is 0 Å². The lowest BCUT2D eigenvalue weighted by molar-refractivity contribution is 0.411. The molecule has 0 aliphatic carbocycles. The van der Waals surface area contributed by atoms with Gasteiger partial charge >= 0.3 is 0 Å². The smallest absolute Gasteiger partial charge is 0.0496 e. The molecule has 0 aromatic heterocycles. The second-order valence-corrected chi connectivity index (χ2v) is 6.18. The molecule has 0 fully saturated rings. The summed E-state index contributed by atoms with van der Waals surface area (Å²) < 4.78 is 0. The molecule has 106 valence electrons. The molecule has 0 saturated heterocycles. The van der Waals surface area contributed by atoms with Gasteiger partial charge in [-0.15, -0.1) is 0 Å². The summed E-state index contributed by atoms with van der Waals surface area (Å²) in [7, 11) is 0. The van der Waals surface area contributed by atoms with Crippen molar-refractivity contribution in [1.82, 2.24) is 10.6 Å². The highest BCUT2D eigenvalue weighted by Gasteiger charge is 2.05. The van der Waals surface area contributed by atoms with E-state index in [0.717, 1.165) is 36.3 Å². The van der Waals surface area contributed by atoms with Crippen LogP contribution in [0.25, 0.3) is 0 Å². The van der Waals surface area contributed by atoms with Crippen molar-refractivity contribution >= 4 is 0 Å². The Hall–Kier alpha value is -0.920. The van der Waals surface area contributed by atoms with Gasteiger partial charge in [-0.05, 0) is 30.6 Å². The Labute approximate surface area is 114 Å². The van der Waals surface area contributed by atoms with Crippen molar-refractivity contribution in [3.05, 3.63) is 24.6 Å². The van der Waals surface area contributed by atoms with E-state index in [-0.39, 0.29) is 0 Å². The third-order valence-corrected chi connectivity index (χ3v) is 2.94. The van der Waals surface area contributed by atoms with Crippen LogP contribution in [-0.4, -0.2) is 13.1 Å². The fourth-order valence-electron chi connectivity index (χ4n) is 1.93. The Kier molecular flexibility index (Phi) is 8.61. The maximum atomic E-state index is 4.02. The normalized spacial score (nSPS) is 12.6. The monoisotopic (exact) mass is 252 g/mol. The van der Waals surface area contributed by atoms with Gasteiger partial charge in [-0.2, -0.15) is 0 Å². The first-order chi connectivity index (χ1) is 8.32. The molecule has 0 amide bonds. The van der Waals surface area contributed by atoms with Gasteiger partial charge in [0.25, 0.3) is 0 Å². The molecule has 1 atom stereocenters. The van der Waals surface area contributed by atoms with E-state index in [1.165, 1.54) is 12.8 Å². The summed E-state index contributed by atoms with van der Waals surface area (Å²) in [5, 5.41) is 6.65. The fraction of sp³-hybridized carbons (Fsp3) is 0.750. The first-order valence-electron chi connectivity index (χ1n) is 7.18. The highest BCUT2D eigenvalue weighted by Crippen LogP contribution is 2.13. The minimum Gasteiger partial charge on any atom is -0.384 e. The van der Waals surface area contributed by atoms with Gasteiger partial charge in [0.15, 0.2) is 0 Å². The van der Waals surface area contributed by atoms with E-state index in [0.29, 0.717) is 5.92 Å².